The van der Waals surface area contributed by atoms with Gasteiger partial charge in [-0.2, -0.15) is 8.78 Å². The van der Waals surface area contributed by atoms with Crippen molar-refractivity contribution in [2.75, 3.05) is 6.61 Å². The molecule has 30 heavy (non-hydrogen) atoms. The van der Waals surface area contributed by atoms with Crippen molar-refractivity contribution < 1.29 is 31.9 Å². The first kappa shape index (κ1) is 21.6. The van der Waals surface area contributed by atoms with Crippen molar-refractivity contribution >= 4 is 11.7 Å². The van der Waals surface area contributed by atoms with Gasteiger partial charge in [-0.15, -0.1) is 0 Å². The molecule has 1 atom stereocenters. The number of pyridine rings is 1. The zero-order valence-corrected chi connectivity index (χ0v) is 16.4. The summed E-state index contributed by atoms with van der Waals surface area (Å²) in [6.45, 7) is 3.38. The Morgan fingerprint density at radius 1 is 1.37 bits per heavy atom. The second-order valence-electron chi connectivity index (χ2n) is 7.06. The quantitative estimate of drug-likeness (QED) is 0.513. The van der Waals surface area contributed by atoms with Crippen LogP contribution < -0.4 is 10.9 Å². The fraction of sp³-hybridized carbons (Fsp3) is 0.421. The molecule has 2 aliphatic rings. The minimum Gasteiger partial charge on any atom is -0.471 e. The maximum atomic E-state index is 13.1. The van der Waals surface area contributed by atoms with E-state index < -0.39 is 25.0 Å². The Kier molecular flexibility index (Phi) is 5.73. The standard InChI is InChI=1S/C19H20F4N4O3/c1-9-6-14(25-26-16(9)30-8-19(22,23)18(20)21)10(2)27-7-13-12(17(27)29)4-5-24-15(13)11(3)28/h4-6,10,18,25-26H,7-8H2,1-3H3. The van der Waals surface area contributed by atoms with Gasteiger partial charge in [-0.3, -0.25) is 20.0 Å². The van der Waals surface area contributed by atoms with Crippen LogP contribution in [0.25, 0.3) is 0 Å². The molecule has 2 N–H and O–H groups in total. The van der Waals surface area contributed by atoms with Gasteiger partial charge in [0.25, 0.3) is 5.91 Å². The van der Waals surface area contributed by atoms with Crippen LogP contribution in [0.15, 0.2) is 35.5 Å². The number of carbonyl (C=O) groups excluding carboxylic acids is 2. The second-order valence-corrected chi connectivity index (χ2v) is 7.06. The van der Waals surface area contributed by atoms with Crippen LogP contribution in [0.1, 0.15) is 47.2 Å². The van der Waals surface area contributed by atoms with Crippen molar-refractivity contribution in [2.45, 2.75) is 45.7 Å². The van der Waals surface area contributed by atoms with Gasteiger partial charge >= 0.3 is 12.3 Å². The third-order valence-corrected chi connectivity index (χ3v) is 4.91. The third kappa shape index (κ3) is 3.96. The number of rotatable bonds is 7. The average molecular weight is 428 g/mol. The lowest BCUT2D eigenvalue weighted by Gasteiger charge is -2.31. The van der Waals surface area contributed by atoms with Crippen LogP contribution in [0.2, 0.25) is 0 Å². The Hall–Kier alpha value is -3.11. The molecule has 3 heterocycles. The summed E-state index contributed by atoms with van der Waals surface area (Å²) in [6, 6.07) is 1.08. The maximum absolute atomic E-state index is 13.1. The van der Waals surface area contributed by atoms with Gasteiger partial charge in [0.05, 0.1) is 11.7 Å². The van der Waals surface area contributed by atoms with Gasteiger partial charge < -0.3 is 15.1 Å². The summed E-state index contributed by atoms with van der Waals surface area (Å²) in [5.41, 5.74) is 7.41. The van der Waals surface area contributed by atoms with Crippen LogP contribution in [-0.4, -0.2) is 46.6 Å². The molecule has 0 aromatic carbocycles. The molecule has 0 saturated carbocycles. The number of nitrogens with zero attached hydrogens (tertiary/aromatic N) is 2. The van der Waals surface area contributed by atoms with Gasteiger partial charge in [0.1, 0.15) is 5.69 Å². The van der Waals surface area contributed by atoms with Gasteiger partial charge in [-0.25, -0.2) is 8.78 Å². The molecule has 1 aromatic heterocycles. The minimum atomic E-state index is -4.28. The van der Waals surface area contributed by atoms with Crippen molar-refractivity contribution in [3.8, 4) is 0 Å². The predicted octanol–water partition coefficient (Wildman–Crippen LogP) is 2.77. The van der Waals surface area contributed by atoms with Crippen LogP contribution in [0.5, 0.6) is 0 Å². The first-order valence-electron chi connectivity index (χ1n) is 9.06. The first-order chi connectivity index (χ1) is 14.0. The molecule has 11 heteroatoms. The predicted molar refractivity (Wildman–Crippen MR) is 97.5 cm³/mol. The van der Waals surface area contributed by atoms with E-state index in [0.29, 0.717) is 22.4 Å². The number of ether oxygens (including phenoxy) is 1. The summed E-state index contributed by atoms with van der Waals surface area (Å²) >= 11 is 0. The lowest BCUT2D eigenvalue weighted by atomic mass is 10.1. The SMILES string of the molecule is CC(=O)c1nccc2c1CN(C(C)C1=CC(C)=C(OCC(F)(F)C(F)F)NN1)C2=O. The number of halogens is 4. The largest absolute Gasteiger partial charge is 0.471 e. The monoisotopic (exact) mass is 428 g/mol. The number of hydrogen-bond acceptors (Lipinski definition) is 6. The number of hydrazine groups is 1. The number of ketones is 1. The number of hydrogen-bond donors (Lipinski definition) is 2. The Balaban J connectivity index is 1.76. The fourth-order valence-corrected chi connectivity index (χ4v) is 3.20. The summed E-state index contributed by atoms with van der Waals surface area (Å²) in [4.78, 5) is 30.2. The zero-order chi connectivity index (χ0) is 22.2. The van der Waals surface area contributed by atoms with Gasteiger partial charge in [0.2, 0.25) is 5.88 Å². The molecular weight excluding hydrogens is 408 g/mol. The molecule has 0 saturated heterocycles. The number of nitrogens with one attached hydrogen (secondary N) is 2. The van der Waals surface area contributed by atoms with E-state index in [0.717, 1.165) is 0 Å². The number of aromatic nitrogens is 1. The van der Waals surface area contributed by atoms with E-state index in [-0.39, 0.29) is 29.8 Å². The number of fused-ring (bicyclic) bond motifs is 1. The molecule has 1 unspecified atom stereocenters. The fourth-order valence-electron chi connectivity index (χ4n) is 3.20. The molecule has 162 valence electrons. The van der Waals surface area contributed by atoms with Crippen molar-refractivity contribution in [1.82, 2.24) is 20.7 Å². The van der Waals surface area contributed by atoms with Crippen molar-refractivity contribution in [2.24, 2.45) is 0 Å². The Labute approximate surface area is 169 Å². The average Bonchev–Trinajstić information content (AvgIpc) is 3.03. The molecule has 1 aromatic rings. The lowest BCUT2D eigenvalue weighted by molar-refractivity contribution is -0.159. The highest BCUT2D eigenvalue weighted by Crippen LogP contribution is 2.29. The molecule has 0 radical (unpaired) electrons. The molecule has 3 rings (SSSR count). The highest BCUT2D eigenvalue weighted by Gasteiger charge is 2.42. The van der Waals surface area contributed by atoms with Crippen molar-refractivity contribution in [3.63, 3.8) is 0 Å². The summed E-state index contributed by atoms with van der Waals surface area (Å²) in [7, 11) is 0. The smallest absolute Gasteiger partial charge is 0.340 e. The highest BCUT2D eigenvalue weighted by molar-refractivity contribution is 6.03. The number of allylic oxidation sites excluding steroid dienone is 2. The Morgan fingerprint density at radius 2 is 2.07 bits per heavy atom. The van der Waals surface area contributed by atoms with Crippen LogP contribution in [0, 0.1) is 0 Å². The zero-order valence-electron chi connectivity index (χ0n) is 16.4. The maximum Gasteiger partial charge on any atom is 0.340 e. The molecule has 0 bridgehead atoms. The number of Topliss-reactive ketones (excluding diaryl/α,β-unsaturated/α-hetero) is 1. The summed E-state index contributed by atoms with van der Waals surface area (Å²) in [6.07, 6.45) is -0.858. The van der Waals surface area contributed by atoms with E-state index in [2.05, 4.69) is 15.8 Å². The highest BCUT2D eigenvalue weighted by atomic mass is 19.3. The second kappa shape index (κ2) is 7.96. The van der Waals surface area contributed by atoms with Gasteiger partial charge in [0.15, 0.2) is 12.4 Å². The van der Waals surface area contributed by atoms with Crippen molar-refractivity contribution in [1.29, 1.82) is 0 Å². The normalized spacial score (nSPS) is 17.4. The van der Waals surface area contributed by atoms with Crippen LogP contribution in [0.4, 0.5) is 17.6 Å². The van der Waals surface area contributed by atoms with Gasteiger partial charge in [0, 0.05) is 36.4 Å². The number of alkyl halides is 4. The van der Waals surface area contributed by atoms with E-state index >= 15 is 0 Å². The Morgan fingerprint density at radius 3 is 2.67 bits per heavy atom. The summed E-state index contributed by atoms with van der Waals surface area (Å²) in [5, 5.41) is 0. The molecular formula is C19H20F4N4O3. The Bertz CT molecular complexity index is 946. The summed E-state index contributed by atoms with van der Waals surface area (Å²) < 4.78 is 55.5. The number of amides is 1. The topological polar surface area (TPSA) is 83.6 Å². The van der Waals surface area contributed by atoms with E-state index in [1.165, 1.54) is 18.0 Å². The molecule has 7 nitrogen and oxygen atoms in total. The third-order valence-electron chi connectivity index (χ3n) is 4.91. The van der Waals surface area contributed by atoms with Crippen LogP contribution in [0.3, 0.4) is 0 Å². The first-order valence-corrected chi connectivity index (χ1v) is 9.06. The molecule has 0 aliphatic carbocycles. The lowest BCUT2D eigenvalue weighted by Crippen LogP contribution is -2.45. The molecule has 0 fully saturated rings. The molecule has 1 amide bonds. The van der Waals surface area contributed by atoms with Crippen LogP contribution >= 0.6 is 0 Å². The van der Waals surface area contributed by atoms with Crippen molar-refractivity contribution in [3.05, 3.63) is 52.3 Å². The summed E-state index contributed by atoms with van der Waals surface area (Å²) in [5.74, 6) is -4.91. The molecule has 2 aliphatic heterocycles. The minimum absolute atomic E-state index is 0.120. The number of carbonyl (C=O) groups is 2. The van der Waals surface area contributed by atoms with E-state index in [4.69, 9.17) is 4.74 Å². The van der Waals surface area contributed by atoms with E-state index in [9.17, 15) is 27.2 Å². The van der Waals surface area contributed by atoms with Gasteiger partial charge in [-0.05, 0) is 26.0 Å². The molecule has 0 spiro atoms. The van der Waals surface area contributed by atoms with Gasteiger partial charge in [-0.1, -0.05) is 0 Å². The van der Waals surface area contributed by atoms with E-state index in [1.54, 1.807) is 26.0 Å². The van der Waals surface area contributed by atoms with E-state index in [1.807, 2.05) is 0 Å². The van der Waals surface area contributed by atoms with Crippen LogP contribution in [-0.2, 0) is 11.3 Å².